The number of hydrogen-bond acceptors (Lipinski definition) is 4. The summed E-state index contributed by atoms with van der Waals surface area (Å²) in [6, 6.07) is 1.52. The second kappa shape index (κ2) is 6.70. The second-order valence-corrected chi connectivity index (χ2v) is 6.61. The molecule has 0 aromatic carbocycles. The van der Waals surface area contributed by atoms with Crippen LogP contribution in [0.2, 0.25) is 0 Å². The van der Waals surface area contributed by atoms with Crippen LogP contribution in [0.3, 0.4) is 0 Å². The maximum atomic E-state index is 12.3. The summed E-state index contributed by atoms with van der Waals surface area (Å²) in [5.41, 5.74) is 0. The van der Waals surface area contributed by atoms with Crippen molar-refractivity contribution in [1.29, 1.82) is 0 Å². The smallest absolute Gasteiger partial charge is 0.320 e. The average Bonchev–Trinajstić information content (AvgIpc) is 3.27. The number of carboxylic acid groups (broad SMARTS) is 1. The highest BCUT2D eigenvalue weighted by atomic mass is 16.4. The number of likely N-dealkylation sites (tertiary alicyclic amines) is 1. The van der Waals surface area contributed by atoms with Gasteiger partial charge in [0.1, 0.15) is 11.9 Å². The van der Waals surface area contributed by atoms with Crippen LogP contribution in [0.5, 0.6) is 0 Å². The zero-order chi connectivity index (χ0) is 16.4. The number of aromatic nitrogens is 2. The Morgan fingerprint density at radius 3 is 2.87 bits per heavy atom. The zero-order valence-electron chi connectivity index (χ0n) is 13.4. The Hall–Kier alpha value is -1.89. The molecule has 1 saturated carbocycles. The van der Waals surface area contributed by atoms with E-state index in [1.807, 2.05) is 4.68 Å². The minimum absolute atomic E-state index is 0.111. The molecular formula is C16H24N4O3. The van der Waals surface area contributed by atoms with Gasteiger partial charge in [0.05, 0.1) is 18.8 Å². The Morgan fingerprint density at radius 1 is 1.39 bits per heavy atom. The number of carbonyl (C=O) groups is 2. The van der Waals surface area contributed by atoms with Crippen molar-refractivity contribution in [3.05, 3.63) is 12.3 Å². The number of nitrogens with one attached hydrogen (secondary N) is 1. The van der Waals surface area contributed by atoms with E-state index in [0.717, 1.165) is 12.8 Å². The van der Waals surface area contributed by atoms with Gasteiger partial charge in [0, 0.05) is 6.07 Å². The average molecular weight is 320 g/mol. The molecule has 1 aliphatic heterocycles. The number of rotatable bonds is 6. The van der Waals surface area contributed by atoms with E-state index < -0.39 is 12.0 Å². The first kappa shape index (κ1) is 16.0. The van der Waals surface area contributed by atoms with Gasteiger partial charge in [-0.25, -0.2) is 4.68 Å². The van der Waals surface area contributed by atoms with Gasteiger partial charge in [-0.15, -0.1) is 0 Å². The first-order valence-electron chi connectivity index (χ1n) is 8.36. The molecule has 23 heavy (non-hydrogen) atoms. The van der Waals surface area contributed by atoms with Crippen molar-refractivity contribution in [1.82, 2.24) is 14.7 Å². The molecule has 126 valence electrons. The second-order valence-electron chi connectivity index (χ2n) is 6.61. The van der Waals surface area contributed by atoms with Gasteiger partial charge in [-0.2, -0.15) is 5.10 Å². The van der Waals surface area contributed by atoms with E-state index in [2.05, 4.69) is 17.3 Å². The molecule has 7 nitrogen and oxygen atoms in total. The van der Waals surface area contributed by atoms with E-state index in [9.17, 15) is 14.7 Å². The summed E-state index contributed by atoms with van der Waals surface area (Å²) >= 11 is 0. The van der Waals surface area contributed by atoms with Crippen LogP contribution in [0.15, 0.2) is 12.3 Å². The molecule has 0 bridgehead atoms. The maximum absolute atomic E-state index is 12.3. The number of hydrogen-bond donors (Lipinski definition) is 2. The molecule has 2 N–H and O–H groups in total. The SMILES string of the molecule is CC(C1CC1)n1nccc1NC(=O)CN1CCCCC1C(=O)O. The molecule has 1 aromatic heterocycles. The van der Waals surface area contributed by atoms with E-state index in [1.165, 1.54) is 12.8 Å². The van der Waals surface area contributed by atoms with Gasteiger partial charge in [0.2, 0.25) is 5.91 Å². The van der Waals surface area contributed by atoms with Gasteiger partial charge >= 0.3 is 5.97 Å². The van der Waals surface area contributed by atoms with Crippen LogP contribution >= 0.6 is 0 Å². The third-order valence-electron chi connectivity index (χ3n) is 4.87. The van der Waals surface area contributed by atoms with Crippen molar-refractivity contribution in [3.63, 3.8) is 0 Å². The molecule has 7 heteroatoms. The number of carboxylic acids is 1. The highest BCUT2D eigenvalue weighted by Crippen LogP contribution is 2.40. The van der Waals surface area contributed by atoms with Crippen LogP contribution in [0, 0.1) is 5.92 Å². The lowest BCUT2D eigenvalue weighted by Gasteiger charge is -2.32. The molecular weight excluding hydrogens is 296 g/mol. The molecule has 2 aliphatic rings. The van der Waals surface area contributed by atoms with Crippen LogP contribution in [0.4, 0.5) is 5.82 Å². The summed E-state index contributed by atoms with van der Waals surface area (Å²) in [7, 11) is 0. The van der Waals surface area contributed by atoms with Gasteiger partial charge < -0.3 is 10.4 Å². The Labute approximate surface area is 135 Å². The summed E-state index contributed by atoms with van der Waals surface area (Å²) in [6.45, 7) is 2.88. The molecule has 1 amide bonds. The molecule has 1 aromatic rings. The van der Waals surface area contributed by atoms with Crippen molar-refractivity contribution < 1.29 is 14.7 Å². The van der Waals surface area contributed by atoms with Gasteiger partial charge in [0.25, 0.3) is 0 Å². The first-order valence-corrected chi connectivity index (χ1v) is 8.36. The molecule has 2 unspecified atom stereocenters. The molecule has 0 radical (unpaired) electrons. The van der Waals surface area contributed by atoms with Crippen molar-refractivity contribution in [3.8, 4) is 0 Å². The Kier molecular flexibility index (Phi) is 4.66. The van der Waals surface area contributed by atoms with Crippen molar-refractivity contribution in [2.45, 2.75) is 51.1 Å². The van der Waals surface area contributed by atoms with Gasteiger partial charge in [-0.1, -0.05) is 6.42 Å². The number of aliphatic carboxylic acids is 1. The highest BCUT2D eigenvalue weighted by Gasteiger charge is 2.32. The fourth-order valence-corrected chi connectivity index (χ4v) is 3.34. The van der Waals surface area contributed by atoms with E-state index >= 15 is 0 Å². The zero-order valence-corrected chi connectivity index (χ0v) is 13.4. The first-order chi connectivity index (χ1) is 11.1. The summed E-state index contributed by atoms with van der Waals surface area (Å²) < 4.78 is 1.86. The standard InChI is InChI=1S/C16H24N4O3/c1-11(12-5-6-12)20-14(7-8-17-20)18-15(21)10-19-9-3-2-4-13(19)16(22)23/h7-8,11-13H,2-6,9-10H2,1H3,(H,18,21)(H,22,23). The minimum Gasteiger partial charge on any atom is -0.480 e. The van der Waals surface area contributed by atoms with Crippen LogP contribution < -0.4 is 5.32 Å². The minimum atomic E-state index is -0.843. The number of anilines is 1. The Balaban J connectivity index is 1.61. The molecule has 0 spiro atoms. The third-order valence-corrected chi connectivity index (χ3v) is 4.87. The van der Waals surface area contributed by atoms with E-state index in [0.29, 0.717) is 24.7 Å². The molecule has 2 atom stereocenters. The van der Waals surface area contributed by atoms with Gasteiger partial charge in [-0.3, -0.25) is 14.5 Å². The number of carbonyl (C=O) groups excluding carboxylic acids is 1. The van der Waals surface area contributed by atoms with E-state index in [1.54, 1.807) is 17.2 Å². The van der Waals surface area contributed by atoms with Crippen LogP contribution in [-0.4, -0.2) is 50.8 Å². The highest BCUT2D eigenvalue weighted by molar-refractivity contribution is 5.91. The summed E-state index contributed by atoms with van der Waals surface area (Å²) in [6.07, 6.45) is 6.56. The summed E-state index contributed by atoms with van der Waals surface area (Å²) in [5, 5.41) is 16.5. The molecule has 3 rings (SSSR count). The van der Waals surface area contributed by atoms with E-state index in [4.69, 9.17) is 0 Å². The third kappa shape index (κ3) is 3.72. The topological polar surface area (TPSA) is 87.5 Å². The van der Waals surface area contributed by atoms with Crippen molar-refractivity contribution in [2.75, 3.05) is 18.4 Å². The summed E-state index contributed by atoms with van der Waals surface area (Å²) in [5.74, 6) is 0.315. The number of nitrogens with zero attached hydrogens (tertiary/aromatic N) is 3. The maximum Gasteiger partial charge on any atom is 0.320 e. The molecule has 2 heterocycles. The van der Waals surface area contributed by atoms with Gasteiger partial charge in [0.15, 0.2) is 0 Å². The Bertz CT molecular complexity index is 582. The number of piperidine rings is 1. The molecule has 2 fully saturated rings. The summed E-state index contributed by atoms with van der Waals surface area (Å²) in [4.78, 5) is 25.4. The quantitative estimate of drug-likeness (QED) is 0.833. The monoisotopic (exact) mass is 320 g/mol. The Morgan fingerprint density at radius 2 is 2.17 bits per heavy atom. The van der Waals surface area contributed by atoms with Crippen molar-refractivity contribution >= 4 is 17.7 Å². The normalized spacial score (nSPS) is 23.4. The van der Waals surface area contributed by atoms with Crippen LogP contribution in [-0.2, 0) is 9.59 Å². The predicted molar refractivity (Wildman–Crippen MR) is 85.1 cm³/mol. The van der Waals surface area contributed by atoms with Crippen LogP contribution in [0.1, 0.15) is 45.1 Å². The lowest BCUT2D eigenvalue weighted by Crippen LogP contribution is -2.48. The van der Waals surface area contributed by atoms with E-state index in [-0.39, 0.29) is 18.5 Å². The predicted octanol–water partition coefficient (Wildman–Crippen LogP) is 1.73. The largest absolute Gasteiger partial charge is 0.480 e. The van der Waals surface area contributed by atoms with Crippen molar-refractivity contribution in [2.24, 2.45) is 5.92 Å². The molecule has 1 saturated heterocycles. The molecule has 1 aliphatic carbocycles. The lowest BCUT2D eigenvalue weighted by molar-refractivity contribution is -0.145. The van der Waals surface area contributed by atoms with Crippen LogP contribution in [0.25, 0.3) is 0 Å². The fourth-order valence-electron chi connectivity index (χ4n) is 3.34. The lowest BCUT2D eigenvalue weighted by atomic mass is 10.0. The van der Waals surface area contributed by atoms with Gasteiger partial charge in [-0.05, 0) is 45.1 Å². The number of amides is 1. The fraction of sp³-hybridized carbons (Fsp3) is 0.688.